The van der Waals surface area contributed by atoms with Gasteiger partial charge >= 0.3 is 0 Å². The summed E-state index contributed by atoms with van der Waals surface area (Å²) in [6.07, 6.45) is 14.1. The Balaban J connectivity index is 2.38. The Hall–Kier alpha value is -0.300. The van der Waals surface area contributed by atoms with Crippen molar-refractivity contribution in [2.75, 3.05) is 6.61 Å². The van der Waals surface area contributed by atoms with E-state index in [2.05, 4.69) is 53.7 Å². The third-order valence-electron chi connectivity index (χ3n) is 4.17. The standard InChI is InChI=1S/C19H36O/c1-17(2,3)12-8-7-9-13-19(14-10-11-15-19)16-20-18(4,5)6/h8,12H,7,9-11,13-16H2,1-6H3/b12-8+. The lowest BCUT2D eigenvalue weighted by Crippen LogP contribution is -2.30. The van der Waals surface area contributed by atoms with Crippen LogP contribution in [0.4, 0.5) is 0 Å². The van der Waals surface area contributed by atoms with E-state index >= 15 is 0 Å². The molecule has 0 aromatic rings. The highest BCUT2D eigenvalue weighted by atomic mass is 16.5. The molecule has 0 aromatic carbocycles. The maximum Gasteiger partial charge on any atom is 0.0598 e. The van der Waals surface area contributed by atoms with E-state index in [4.69, 9.17) is 4.74 Å². The largest absolute Gasteiger partial charge is 0.375 e. The maximum absolute atomic E-state index is 6.11. The molecule has 118 valence electrons. The van der Waals surface area contributed by atoms with Crippen LogP contribution in [0.15, 0.2) is 12.2 Å². The van der Waals surface area contributed by atoms with Crippen LogP contribution in [-0.4, -0.2) is 12.2 Å². The summed E-state index contributed by atoms with van der Waals surface area (Å²) >= 11 is 0. The van der Waals surface area contributed by atoms with Crippen molar-refractivity contribution in [1.82, 2.24) is 0 Å². The van der Waals surface area contributed by atoms with Crippen LogP contribution in [0, 0.1) is 10.8 Å². The SMILES string of the molecule is CC(C)(C)/C=C/CCCC1(COC(C)(C)C)CCCC1. The highest BCUT2D eigenvalue weighted by Crippen LogP contribution is 2.43. The Morgan fingerprint density at radius 3 is 2.10 bits per heavy atom. The second-order valence-electron chi connectivity index (χ2n) is 8.77. The Bertz CT molecular complexity index is 295. The van der Waals surface area contributed by atoms with Crippen molar-refractivity contribution < 1.29 is 4.74 Å². The van der Waals surface area contributed by atoms with E-state index in [1.807, 2.05) is 0 Å². The van der Waals surface area contributed by atoms with E-state index in [-0.39, 0.29) is 5.60 Å². The van der Waals surface area contributed by atoms with Crippen molar-refractivity contribution in [3.63, 3.8) is 0 Å². The molecular weight excluding hydrogens is 244 g/mol. The highest BCUT2D eigenvalue weighted by molar-refractivity contribution is 4.93. The summed E-state index contributed by atoms with van der Waals surface area (Å²) in [5.74, 6) is 0. The van der Waals surface area contributed by atoms with Gasteiger partial charge in [-0.25, -0.2) is 0 Å². The molecule has 0 atom stereocenters. The van der Waals surface area contributed by atoms with Crippen molar-refractivity contribution >= 4 is 0 Å². The first-order valence-electron chi connectivity index (χ1n) is 8.44. The van der Waals surface area contributed by atoms with Gasteiger partial charge in [-0.15, -0.1) is 0 Å². The summed E-state index contributed by atoms with van der Waals surface area (Å²) in [5, 5.41) is 0. The van der Waals surface area contributed by atoms with Gasteiger partial charge in [0.1, 0.15) is 0 Å². The number of unbranched alkanes of at least 4 members (excludes halogenated alkanes) is 1. The molecule has 0 amide bonds. The summed E-state index contributed by atoms with van der Waals surface area (Å²) in [6, 6.07) is 0. The van der Waals surface area contributed by atoms with E-state index in [9.17, 15) is 0 Å². The first-order valence-corrected chi connectivity index (χ1v) is 8.44. The van der Waals surface area contributed by atoms with Gasteiger partial charge < -0.3 is 4.74 Å². The highest BCUT2D eigenvalue weighted by Gasteiger charge is 2.34. The second-order valence-corrected chi connectivity index (χ2v) is 8.77. The predicted molar refractivity (Wildman–Crippen MR) is 89.1 cm³/mol. The molecule has 20 heavy (non-hydrogen) atoms. The average molecular weight is 280 g/mol. The molecule has 1 nitrogen and oxygen atoms in total. The average Bonchev–Trinajstić information content (AvgIpc) is 2.73. The zero-order chi connectivity index (χ0) is 15.3. The summed E-state index contributed by atoms with van der Waals surface area (Å²) in [5.41, 5.74) is 0.797. The zero-order valence-corrected chi connectivity index (χ0v) is 14.7. The predicted octanol–water partition coefficient (Wildman–Crippen LogP) is 6.13. The van der Waals surface area contributed by atoms with Gasteiger partial charge in [0, 0.05) is 0 Å². The molecule has 0 spiro atoms. The molecule has 0 unspecified atom stereocenters. The van der Waals surface area contributed by atoms with Gasteiger partial charge in [0.05, 0.1) is 12.2 Å². The first kappa shape index (κ1) is 17.8. The summed E-state index contributed by atoms with van der Waals surface area (Å²) in [6.45, 7) is 14.3. The van der Waals surface area contributed by atoms with Gasteiger partial charge in [-0.1, -0.05) is 45.8 Å². The minimum Gasteiger partial charge on any atom is -0.375 e. The molecule has 1 rings (SSSR count). The van der Waals surface area contributed by atoms with Crippen LogP contribution in [0.3, 0.4) is 0 Å². The molecule has 0 aliphatic heterocycles. The van der Waals surface area contributed by atoms with Gasteiger partial charge in [0.15, 0.2) is 0 Å². The topological polar surface area (TPSA) is 9.23 Å². The van der Waals surface area contributed by atoms with E-state index in [1.165, 1.54) is 44.9 Å². The molecule has 0 radical (unpaired) electrons. The number of rotatable bonds is 6. The lowest BCUT2D eigenvalue weighted by molar-refractivity contribution is -0.0538. The van der Waals surface area contributed by atoms with Crippen molar-refractivity contribution in [3.8, 4) is 0 Å². The zero-order valence-electron chi connectivity index (χ0n) is 14.7. The number of allylic oxidation sites excluding steroid dienone is 2. The molecule has 1 fully saturated rings. The van der Waals surface area contributed by atoms with Gasteiger partial charge in [0.25, 0.3) is 0 Å². The van der Waals surface area contributed by atoms with E-state index in [1.54, 1.807) is 0 Å². The molecular formula is C19H36O. The lowest BCUT2D eigenvalue weighted by atomic mass is 9.81. The minimum atomic E-state index is 0.00171. The first-order chi connectivity index (χ1) is 9.12. The van der Waals surface area contributed by atoms with E-state index in [0.29, 0.717) is 10.8 Å². The van der Waals surface area contributed by atoms with Crippen LogP contribution in [0.1, 0.15) is 86.5 Å². The van der Waals surface area contributed by atoms with E-state index < -0.39 is 0 Å². The fourth-order valence-corrected chi connectivity index (χ4v) is 2.99. The van der Waals surface area contributed by atoms with Crippen LogP contribution >= 0.6 is 0 Å². The van der Waals surface area contributed by atoms with Crippen molar-refractivity contribution in [2.45, 2.75) is 92.1 Å². The minimum absolute atomic E-state index is 0.00171. The molecule has 1 heteroatoms. The monoisotopic (exact) mass is 280 g/mol. The molecule has 0 saturated heterocycles. The normalized spacial score (nSPS) is 19.9. The van der Waals surface area contributed by atoms with Gasteiger partial charge in [0.2, 0.25) is 0 Å². The number of hydrogen-bond acceptors (Lipinski definition) is 1. The molecule has 1 aliphatic carbocycles. The summed E-state index contributed by atoms with van der Waals surface area (Å²) in [7, 11) is 0. The van der Waals surface area contributed by atoms with Crippen LogP contribution in [0.2, 0.25) is 0 Å². The summed E-state index contributed by atoms with van der Waals surface area (Å²) in [4.78, 5) is 0. The molecule has 0 N–H and O–H groups in total. The molecule has 1 saturated carbocycles. The van der Waals surface area contributed by atoms with Crippen LogP contribution < -0.4 is 0 Å². The van der Waals surface area contributed by atoms with Gasteiger partial charge in [-0.05, 0) is 63.7 Å². The molecule has 0 aromatic heterocycles. The number of ether oxygens (including phenoxy) is 1. The molecule has 0 heterocycles. The Labute approximate surface area is 127 Å². The molecule has 0 bridgehead atoms. The third-order valence-corrected chi connectivity index (χ3v) is 4.17. The van der Waals surface area contributed by atoms with Crippen LogP contribution in [0.5, 0.6) is 0 Å². The summed E-state index contributed by atoms with van der Waals surface area (Å²) < 4.78 is 6.11. The fraction of sp³-hybridized carbons (Fsp3) is 0.895. The van der Waals surface area contributed by atoms with Crippen molar-refractivity contribution in [2.24, 2.45) is 10.8 Å². The van der Waals surface area contributed by atoms with E-state index in [0.717, 1.165) is 6.61 Å². The quantitative estimate of drug-likeness (QED) is 0.420. The van der Waals surface area contributed by atoms with Gasteiger partial charge in [-0.2, -0.15) is 0 Å². The second kappa shape index (κ2) is 7.11. The fourth-order valence-electron chi connectivity index (χ4n) is 2.99. The van der Waals surface area contributed by atoms with Crippen molar-refractivity contribution in [1.29, 1.82) is 0 Å². The molecule has 1 aliphatic rings. The third kappa shape index (κ3) is 7.47. The maximum atomic E-state index is 6.11. The Morgan fingerprint density at radius 1 is 1.00 bits per heavy atom. The number of hydrogen-bond donors (Lipinski definition) is 0. The van der Waals surface area contributed by atoms with Crippen LogP contribution in [-0.2, 0) is 4.74 Å². The lowest BCUT2D eigenvalue weighted by Gasteiger charge is -2.32. The van der Waals surface area contributed by atoms with Gasteiger partial charge in [-0.3, -0.25) is 0 Å². The Kier molecular flexibility index (Phi) is 6.31. The van der Waals surface area contributed by atoms with Crippen LogP contribution in [0.25, 0.3) is 0 Å². The Morgan fingerprint density at radius 2 is 1.60 bits per heavy atom. The smallest absolute Gasteiger partial charge is 0.0598 e. The van der Waals surface area contributed by atoms with Crippen molar-refractivity contribution in [3.05, 3.63) is 12.2 Å².